The molecule has 0 unspecified atom stereocenters. The number of nitrogens with one attached hydrogen (secondary N) is 1. The van der Waals surface area contributed by atoms with Crippen LogP contribution in [0.2, 0.25) is 0 Å². The van der Waals surface area contributed by atoms with Gasteiger partial charge in [0, 0.05) is 44.3 Å². The molecule has 28 heavy (non-hydrogen) atoms. The summed E-state index contributed by atoms with van der Waals surface area (Å²) in [5.74, 6) is 0.0593. The topological polar surface area (TPSA) is 63.1 Å². The Kier molecular flexibility index (Phi) is 5.48. The van der Waals surface area contributed by atoms with E-state index < -0.39 is 0 Å². The van der Waals surface area contributed by atoms with Crippen LogP contribution in [0.1, 0.15) is 18.4 Å². The van der Waals surface area contributed by atoms with E-state index in [2.05, 4.69) is 44.6 Å². The predicted molar refractivity (Wildman–Crippen MR) is 110 cm³/mol. The van der Waals surface area contributed by atoms with E-state index in [1.165, 1.54) is 5.56 Å². The molecular weight excluding hydrogens is 350 g/mol. The molecule has 0 saturated carbocycles. The fourth-order valence-electron chi connectivity index (χ4n) is 3.79. The van der Waals surface area contributed by atoms with Crippen LogP contribution >= 0.6 is 0 Å². The molecule has 3 aromatic rings. The number of hydrogen-bond acceptors (Lipinski definition) is 4. The Balaban J connectivity index is 1.44. The second-order valence-corrected chi connectivity index (χ2v) is 7.35. The molecule has 1 N–H and O–H groups in total. The Morgan fingerprint density at radius 2 is 1.96 bits per heavy atom. The number of carbonyl (C=O) groups is 1. The van der Waals surface area contributed by atoms with Gasteiger partial charge >= 0.3 is 0 Å². The molecule has 6 heteroatoms. The van der Waals surface area contributed by atoms with Crippen molar-refractivity contribution in [3.05, 3.63) is 66.6 Å². The Labute approximate surface area is 165 Å². The van der Waals surface area contributed by atoms with Crippen molar-refractivity contribution in [3.63, 3.8) is 0 Å². The first-order chi connectivity index (χ1) is 13.7. The lowest BCUT2D eigenvalue weighted by Gasteiger charge is -2.32. The normalized spacial score (nSPS) is 17.4. The van der Waals surface area contributed by atoms with Gasteiger partial charge in [0.2, 0.25) is 5.91 Å². The third-order valence-corrected chi connectivity index (χ3v) is 5.17. The standard InChI is InChI=1S/C22H25N5O/c1-26-16-20(21(25-26)18-9-11-23-12-10-18)24-22(28)19-8-5-13-27(15-19)14-17-6-3-2-4-7-17/h2-4,6-7,9-12,16,19H,5,8,13-15H2,1H3,(H,24,28)/t19-/m1/s1. The minimum Gasteiger partial charge on any atom is -0.323 e. The van der Waals surface area contributed by atoms with Gasteiger partial charge in [0.05, 0.1) is 11.6 Å². The van der Waals surface area contributed by atoms with Gasteiger partial charge in [-0.05, 0) is 37.1 Å². The smallest absolute Gasteiger partial charge is 0.228 e. The van der Waals surface area contributed by atoms with Gasteiger partial charge in [-0.2, -0.15) is 5.10 Å². The van der Waals surface area contributed by atoms with Gasteiger partial charge < -0.3 is 5.32 Å². The number of benzene rings is 1. The van der Waals surface area contributed by atoms with E-state index in [1.54, 1.807) is 17.1 Å². The number of amides is 1. The van der Waals surface area contributed by atoms with E-state index in [0.29, 0.717) is 0 Å². The fraction of sp³-hybridized carbons (Fsp3) is 0.318. The van der Waals surface area contributed by atoms with Gasteiger partial charge in [0.25, 0.3) is 0 Å². The van der Waals surface area contributed by atoms with Crippen molar-refractivity contribution >= 4 is 11.6 Å². The number of pyridine rings is 1. The highest BCUT2D eigenvalue weighted by atomic mass is 16.1. The van der Waals surface area contributed by atoms with Crippen LogP contribution < -0.4 is 5.32 Å². The zero-order chi connectivity index (χ0) is 19.3. The first kappa shape index (κ1) is 18.4. The van der Waals surface area contributed by atoms with E-state index >= 15 is 0 Å². The first-order valence-electron chi connectivity index (χ1n) is 9.70. The number of carbonyl (C=O) groups excluding carboxylic acids is 1. The number of nitrogens with zero attached hydrogens (tertiary/aromatic N) is 4. The molecule has 0 spiro atoms. The molecule has 4 rings (SSSR count). The van der Waals surface area contributed by atoms with E-state index in [0.717, 1.165) is 49.4 Å². The molecule has 0 radical (unpaired) electrons. The van der Waals surface area contributed by atoms with Crippen molar-refractivity contribution in [2.75, 3.05) is 18.4 Å². The van der Waals surface area contributed by atoms with Crippen LogP contribution in [0.5, 0.6) is 0 Å². The maximum Gasteiger partial charge on any atom is 0.228 e. The van der Waals surface area contributed by atoms with Crippen molar-refractivity contribution in [1.29, 1.82) is 0 Å². The molecule has 3 heterocycles. The van der Waals surface area contributed by atoms with Crippen LogP contribution in [-0.4, -0.2) is 38.7 Å². The highest BCUT2D eigenvalue weighted by Gasteiger charge is 2.27. The molecule has 1 aromatic carbocycles. The molecule has 0 aliphatic carbocycles. The van der Waals surface area contributed by atoms with Crippen molar-refractivity contribution < 1.29 is 4.79 Å². The quantitative estimate of drug-likeness (QED) is 0.743. The molecule has 1 amide bonds. The Morgan fingerprint density at radius 3 is 2.75 bits per heavy atom. The van der Waals surface area contributed by atoms with Gasteiger partial charge in [0.1, 0.15) is 5.69 Å². The van der Waals surface area contributed by atoms with Gasteiger partial charge in [-0.1, -0.05) is 30.3 Å². The Hall–Kier alpha value is -2.99. The highest BCUT2D eigenvalue weighted by molar-refractivity contribution is 5.96. The van der Waals surface area contributed by atoms with E-state index in [9.17, 15) is 4.79 Å². The molecule has 144 valence electrons. The maximum atomic E-state index is 13.0. The molecule has 1 aliphatic heterocycles. The predicted octanol–water partition coefficient (Wildman–Crippen LogP) is 3.33. The lowest BCUT2D eigenvalue weighted by atomic mass is 9.96. The summed E-state index contributed by atoms with van der Waals surface area (Å²) in [6.45, 7) is 2.71. The van der Waals surface area contributed by atoms with Gasteiger partial charge in [-0.25, -0.2) is 0 Å². The van der Waals surface area contributed by atoms with Gasteiger partial charge in [-0.15, -0.1) is 0 Å². The van der Waals surface area contributed by atoms with Crippen molar-refractivity contribution in [1.82, 2.24) is 19.7 Å². The molecule has 0 bridgehead atoms. The van der Waals surface area contributed by atoms with E-state index in [-0.39, 0.29) is 11.8 Å². The monoisotopic (exact) mass is 375 g/mol. The molecule has 2 aromatic heterocycles. The summed E-state index contributed by atoms with van der Waals surface area (Å²) in [6, 6.07) is 14.2. The van der Waals surface area contributed by atoms with Crippen LogP contribution in [0.4, 0.5) is 5.69 Å². The van der Waals surface area contributed by atoms with E-state index in [1.807, 2.05) is 31.4 Å². The molecule has 1 fully saturated rings. The first-order valence-corrected chi connectivity index (χ1v) is 9.70. The summed E-state index contributed by atoms with van der Waals surface area (Å²) in [5.41, 5.74) is 3.75. The average Bonchev–Trinajstić information content (AvgIpc) is 3.09. The zero-order valence-electron chi connectivity index (χ0n) is 16.1. The van der Waals surface area contributed by atoms with Crippen LogP contribution in [0, 0.1) is 5.92 Å². The molecular formula is C22H25N5O. The largest absolute Gasteiger partial charge is 0.323 e. The van der Waals surface area contributed by atoms with Crippen molar-refractivity contribution in [3.8, 4) is 11.3 Å². The third-order valence-electron chi connectivity index (χ3n) is 5.17. The molecule has 1 aliphatic rings. The fourth-order valence-corrected chi connectivity index (χ4v) is 3.79. The van der Waals surface area contributed by atoms with Crippen LogP contribution in [-0.2, 0) is 18.4 Å². The maximum absolute atomic E-state index is 13.0. The number of hydrogen-bond donors (Lipinski definition) is 1. The van der Waals surface area contributed by atoms with E-state index in [4.69, 9.17) is 0 Å². The summed E-state index contributed by atoms with van der Waals surface area (Å²) in [5, 5.41) is 7.63. The van der Waals surface area contributed by atoms with Gasteiger partial charge in [-0.3, -0.25) is 19.4 Å². The molecule has 1 atom stereocenters. The zero-order valence-corrected chi connectivity index (χ0v) is 16.1. The second-order valence-electron chi connectivity index (χ2n) is 7.35. The number of aromatic nitrogens is 3. The highest BCUT2D eigenvalue weighted by Crippen LogP contribution is 2.27. The average molecular weight is 375 g/mol. The number of aryl methyl sites for hydroxylation is 1. The third kappa shape index (κ3) is 4.28. The number of anilines is 1. The van der Waals surface area contributed by atoms with Gasteiger partial charge in [0.15, 0.2) is 0 Å². The van der Waals surface area contributed by atoms with Crippen LogP contribution in [0.15, 0.2) is 61.1 Å². The lowest BCUT2D eigenvalue weighted by molar-refractivity contribution is -0.121. The molecule has 1 saturated heterocycles. The SMILES string of the molecule is Cn1cc(NC(=O)[C@@H]2CCCN(Cc3ccccc3)C2)c(-c2ccncc2)n1. The minimum absolute atomic E-state index is 0.0111. The molecule has 6 nitrogen and oxygen atoms in total. The van der Waals surface area contributed by atoms with Crippen LogP contribution in [0.25, 0.3) is 11.3 Å². The number of piperidine rings is 1. The van der Waals surface area contributed by atoms with Crippen molar-refractivity contribution in [2.24, 2.45) is 13.0 Å². The van der Waals surface area contributed by atoms with Crippen molar-refractivity contribution in [2.45, 2.75) is 19.4 Å². The summed E-state index contributed by atoms with van der Waals surface area (Å²) in [6.07, 6.45) is 7.28. The summed E-state index contributed by atoms with van der Waals surface area (Å²) in [4.78, 5) is 19.4. The number of likely N-dealkylation sites (tertiary alicyclic amines) is 1. The van der Waals surface area contributed by atoms with Crippen LogP contribution in [0.3, 0.4) is 0 Å². The summed E-state index contributed by atoms with van der Waals surface area (Å²) < 4.78 is 1.73. The Morgan fingerprint density at radius 1 is 1.18 bits per heavy atom. The summed E-state index contributed by atoms with van der Waals surface area (Å²) in [7, 11) is 1.86. The Bertz CT molecular complexity index is 923. The number of rotatable bonds is 5. The summed E-state index contributed by atoms with van der Waals surface area (Å²) >= 11 is 0. The lowest BCUT2D eigenvalue weighted by Crippen LogP contribution is -2.40. The minimum atomic E-state index is -0.0111. The second kappa shape index (κ2) is 8.35.